The van der Waals surface area contributed by atoms with Crippen molar-refractivity contribution in [3.8, 4) is 5.69 Å². The quantitative estimate of drug-likeness (QED) is 0.298. The summed E-state index contributed by atoms with van der Waals surface area (Å²) in [5.41, 5.74) is 3.75. The van der Waals surface area contributed by atoms with Gasteiger partial charge >= 0.3 is 0 Å². The molecule has 0 saturated carbocycles. The van der Waals surface area contributed by atoms with Gasteiger partial charge in [-0.25, -0.2) is 9.07 Å². The molecule has 0 bridgehead atoms. The van der Waals surface area contributed by atoms with Crippen LogP contribution >= 0.6 is 15.9 Å². The minimum atomic E-state index is -0.440. The standard InChI is InChI=1S/C30H30BrFN6O3/c1-19-6-8-20(9-7-19)29(40)26-11-10-23(36(26)2)16-27(39)37-14-12-21(13-15-37)30(41)33-17-22-18-38(35-34-22)28-24(31)4-3-5-25(28)32/h3-11,18,21H,12-17H2,1-2H3,(H,33,41). The lowest BCUT2D eigenvalue weighted by atomic mass is 9.95. The molecule has 0 unspecified atom stereocenters. The fourth-order valence-electron chi connectivity index (χ4n) is 4.99. The van der Waals surface area contributed by atoms with E-state index in [0.29, 0.717) is 47.4 Å². The number of carbonyl (C=O) groups excluding carboxylic acids is 3. The fourth-order valence-corrected chi connectivity index (χ4v) is 5.51. The second-order valence-corrected chi connectivity index (χ2v) is 11.1. The van der Waals surface area contributed by atoms with Crippen molar-refractivity contribution in [1.82, 2.24) is 29.8 Å². The average Bonchev–Trinajstić information content (AvgIpc) is 3.58. The van der Waals surface area contributed by atoms with Crippen molar-refractivity contribution in [1.29, 1.82) is 0 Å². The number of piperidine rings is 1. The fraction of sp³-hybridized carbons (Fsp3) is 0.300. The number of amides is 2. The molecule has 0 radical (unpaired) electrons. The highest BCUT2D eigenvalue weighted by Gasteiger charge is 2.28. The van der Waals surface area contributed by atoms with Crippen LogP contribution in [0.5, 0.6) is 0 Å². The van der Waals surface area contributed by atoms with Crippen LogP contribution in [0, 0.1) is 18.7 Å². The number of hydrogen-bond donors (Lipinski definition) is 1. The van der Waals surface area contributed by atoms with Crippen LogP contribution in [-0.4, -0.2) is 55.1 Å². The number of likely N-dealkylation sites (tertiary alicyclic amines) is 1. The van der Waals surface area contributed by atoms with Gasteiger partial charge in [0.2, 0.25) is 17.6 Å². The minimum absolute atomic E-state index is 0.0321. The number of ketones is 1. The number of rotatable bonds is 8. The Kier molecular flexibility index (Phi) is 8.44. The van der Waals surface area contributed by atoms with Crippen molar-refractivity contribution < 1.29 is 18.8 Å². The van der Waals surface area contributed by atoms with Gasteiger partial charge in [0.15, 0.2) is 0 Å². The predicted octanol–water partition coefficient (Wildman–Crippen LogP) is 4.14. The van der Waals surface area contributed by atoms with E-state index in [9.17, 15) is 18.8 Å². The Labute approximate surface area is 245 Å². The van der Waals surface area contributed by atoms with Gasteiger partial charge < -0.3 is 14.8 Å². The number of hydrogen-bond acceptors (Lipinski definition) is 5. The second-order valence-electron chi connectivity index (χ2n) is 10.2. The summed E-state index contributed by atoms with van der Waals surface area (Å²) in [6.07, 6.45) is 2.86. The third kappa shape index (κ3) is 6.30. The zero-order valence-electron chi connectivity index (χ0n) is 22.8. The van der Waals surface area contributed by atoms with E-state index in [0.717, 1.165) is 11.3 Å². The number of carbonyl (C=O) groups is 3. The molecule has 11 heteroatoms. The van der Waals surface area contributed by atoms with Gasteiger partial charge in [0.1, 0.15) is 17.2 Å². The maximum Gasteiger partial charge on any atom is 0.228 e. The molecule has 41 heavy (non-hydrogen) atoms. The molecule has 0 spiro atoms. The molecule has 1 aliphatic rings. The number of nitrogens with zero attached hydrogens (tertiary/aromatic N) is 5. The first-order valence-corrected chi connectivity index (χ1v) is 14.2. The molecule has 1 fully saturated rings. The molecule has 1 saturated heterocycles. The summed E-state index contributed by atoms with van der Waals surface area (Å²) >= 11 is 3.32. The monoisotopic (exact) mass is 620 g/mol. The molecule has 0 atom stereocenters. The highest BCUT2D eigenvalue weighted by Crippen LogP contribution is 2.24. The molecule has 212 valence electrons. The Morgan fingerprint density at radius 3 is 2.49 bits per heavy atom. The molecular weight excluding hydrogens is 591 g/mol. The first kappa shape index (κ1) is 28.4. The summed E-state index contributed by atoms with van der Waals surface area (Å²) < 4.78 is 17.9. The molecule has 9 nitrogen and oxygen atoms in total. The van der Waals surface area contributed by atoms with E-state index in [-0.39, 0.29) is 42.2 Å². The van der Waals surface area contributed by atoms with Crippen LogP contribution < -0.4 is 5.32 Å². The Balaban J connectivity index is 1.11. The van der Waals surface area contributed by atoms with Gasteiger partial charge in [-0.3, -0.25) is 14.4 Å². The zero-order valence-corrected chi connectivity index (χ0v) is 24.4. The molecule has 5 rings (SSSR count). The first-order valence-electron chi connectivity index (χ1n) is 13.4. The molecule has 3 heterocycles. The topological polar surface area (TPSA) is 102 Å². The number of aromatic nitrogens is 4. The SMILES string of the molecule is Cc1ccc(C(=O)c2ccc(CC(=O)N3CCC(C(=O)NCc4cn(-c5c(F)cccc5Br)nn4)CC3)n2C)cc1. The minimum Gasteiger partial charge on any atom is -0.350 e. The van der Waals surface area contributed by atoms with Crippen molar-refractivity contribution in [3.05, 3.63) is 99.3 Å². The summed E-state index contributed by atoms with van der Waals surface area (Å²) in [7, 11) is 1.80. The molecular formula is C30H30BrFN6O3. The molecule has 4 aromatic rings. The van der Waals surface area contributed by atoms with Crippen LogP contribution in [0.15, 0.2) is 65.3 Å². The number of nitrogens with one attached hydrogen (secondary N) is 1. The molecule has 0 aliphatic carbocycles. The smallest absolute Gasteiger partial charge is 0.228 e. The average molecular weight is 622 g/mol. The Morgan fingerprint density at radius 2 is 1.78 bits per heavy atom. The summed E-state index contributed by atoms with van der Waals surface area (Å²) in [5, 5.41) is 10.9. The Hall–Kier alpha value is -4.12. The van der Waals surface area contributed by atoms with Crippen molar-refractivity contribution in [2.75, 3.05) is 13.1 Å². The van der Waals surface area contributed by atoms with Crippen molar-refractivity contribution in [2.45, 2.75) is 32.7 Å². The van der Waals surface area contributed by atoms with Crippen LogP contribution in [0.4, 0.5) is 4.39 Å². The van der Waals surface area contributed by atoms with Gasteiger partial charge in [-0.2, -0.15) is 0 Å². The van der Waals surface area contributed by atoms with Crippen LogP contribution in [0.1, 0.15) is 45.8 Å². The van der Waals surface area contributed by atoms with E-state index in [1.165, 1.54) is 10.7 Å². The van der Waals surface area contributed by atoms with Gasteiger partial charge in [-0.1, -0.05) is 41.1 Å². The lowest BCUT2D eigenvalue weighted by Crippen LogP contribution is -2.43. The van der Waals surface area contributed by atoms with E-state index >= 15 is 0 Å². The summed E-state index contributed by atoms with van der Waals surface area (Å²) in [4.78, 5) is 40.5. The summed E-state index contributed by atoms with van der Waals surface area (Å²) in [6.45, 7) is 3.10. The van der Waals surface area contributed by atoms with Crippen molar-refractivity contribution in [2.24, 2.45) is 13.0 Å². The van der Waals surface area contributed by atoms with E-state index < -0.39 is 5.82 Å². The van der Waals surface area contributed by atoms with Gasteiger partial charge in [0.05, 0.1) is 24.9 Å². The third-order valence-corrected chi connectivity index (χ3v) is 8.11. The summed E-state index contributed by atoms with van der Waals surface area (Å²) in [6, 6.07) is 15.6. The van der Waals surface area contributed by atoms with Crippen LogP contribution in [0.25, 0.3) is 5.69 Å². The van der Waals surface area contributed by atoms with Crippen LogP contribution in [0.3, 0.4) is 0 Å². The normalized spacial score (nSPS) is 13.8. The van der Waals surface area contributed by atoms with Gasteiger partial charge in [0.25, 0.3) is 0 Å². The van der Waals surface area contributed by atoms with E-state index in [1.807, 2.05) is 37.3 Å². The van der Waals surface area contributed by atoms with Crippen LogP contribution in [-0.2, 0) is 29.6 Å². The predicted molar refractivity (Wildman–Crippen MR) is 154 cm³/mol. The highest BCUT2D eigenvalue weighted by atomic mass is 79.9. The van der Waals surface area contributed by atoms with Gasteiger partial charge in [-0.15, -0.1) is 5.10 Å². The zero-order chi connectivity index (χ0) is 29.1. The molecule has 1 aliphatic heterocycles. The number of aryl methyl sites for hydroxylation is 1. The highest BCUT2D eigenvalue weighted by molar-refractivity contribution is 9.10. The first-order chi connectivity index (χ1) is 19.7. The van der Waals surface area contributed by atoms with Crippen LogP contribution in [0.2, 0.25) is 0 Å². The Morgan fingerprint density at radius 1 is 1.05 bits per heavy atom. The van der Waals surface area contributed by atoms with Gasteiger partial charge in [-0.05, 0) is 60.0 Å². The summed E-state index contributed by atoms with van der Waals surface area (Å²) in [5.74, 6) is -0.885. The van der Waals surface area contributed by atoms with Crippen molar-refractivity contribution in [3.63, 3.8) is 0 Å². The maximum atomic E-state index is 14.2. The molecule has 2 amide bonds. The maximum absolute atomic E-state index is 14.2. The third-order valence-electron chi connectivity index (χ3n) is 7.47. The number of para-hydroxylation sites is 1. The molecule has 1 N–H and O–H groups in total. The lowest BCUT2D eigenvalue weighted by Gasteiger charge is -2.31. The Bertz CT molecular complexity index is 1570. The largest absolute Gasteiger partial charge is 0.350 e. The van der Waals surface area contributed by atoms with E-state index in [4.69, 9.17) is 0 Å². The van der Waals surface area contributed by atoms with E-state index in [2.05, 4.69) is 31.6 Å². The number of halogens is 2. The lowest BCUT2D eigenvalue weighted by molar-refractivity contribution is -0.135. The van der Waals surface area contributed by atoms with Crippen molar-refractivity contribution >= 4 is 33.5 Å². The van der Waals surface area contributed by atoms with Gasteiger partial charge in [0, 0.05) is 41.8 Å². The van der Waals surface area contributed by atoms with E-state index in [1.54, 1.807) is 40.9 Å². The second kappa shape index (κ2) is 12.2. The molecule has 2 aromatic heterocycles. The number of benzene rings is 2. The molecule has 2 aromatic carbocycles.